The number of benzene rings is 1. The molecule has 3 heterocycles. The molecule has 3 aromatic rings. The van der Waals surface area contributed by atoms with Gasteiger partial charge in [0.2, 0.25) is 5.91 Å². The van der Waals surface area contributed by atoms with E-state index >= 15 is 0 Å². The fourth-order valence-corrected chi connectivity index (χ4v) is 4.32. The first-order valence-corrected chi connectivity index (χ1v) is 11.1. The molecule has 0 radical (unpaired) electrons. The standard InChI is InChI=1S/C25H30N4O2/c1-5-8-22-26-15-20(25-17(3)18(4)28-31-25)24(27-22)21-11-7-12-29(21)23(30)14-19-10-6-9-16(2)13-19/h6,9-10,13,15,21H,5,7-8,11-12,14H2,1-4H3. The predicted octanol–water partition coefficient (Wildman–Crippen LogP) is 4.92. The molecule has 1 unspecified atom stereocenters. The average Bonchev–Trinajstić information content (AvgIpc) is 3.36. The van der Waals surface area contributed by atoms with Crippen molar-refractivity contribution in [2.45, 2.75) is 65.8 Å². The molecule has 1 aromatic carbocycles. The Morgan fingerprint density at radius 3 is 2.81 bits per heavy atom. The summed E-state index contributed by atoms with van der Waals surface area (Å²) in [6.45, 7) is 8.85. The van der Waals surface area contributed by atoms with Gasteiger partial charge in [0.1, 0.15) is 5.82 Å². The normalized spacial score (nSPS) is 16.1. The molecule has 162 valence electrons. The van der Waals surface area contributed by atoms with E-state index in [0.29, 0.717) is 12.2 Å². The number of rotatable bonds is 6. The number of hydrogen-bond donors (Lipinski definition) is 0. The first kappa shape index (κ1) is 21.2. The smallest absolute Gasteiger partial charge is 0.227 e. The Hall–Kier alpha value is -3.02. The molecule has 1 saturated heterocycles. The Balaban J connectivity index is 1.69. The van der Waals surface area contributed by atoms with Crippen molar-refractivity contribution in [2.24, 2.45) is 0 Å². The van der Waals surface area contributed by atoms with Crippen molar-refractivity contribution < 1.29 is 9.32 Å². The maximum atomic E-state index is 13.3. The van der Waals surface area contributed by atoms with Crippen LogP contribution in [0.1, 0.15) is 66.1 Å². The summed E-state index contributed by atoms with van der Waals surface area (Å²) in [6.07, 6.45) is 5.89. The average molecular weight is 419 g/mol. The van der Waals surface area contributed by atoms with Gasteiger partial charge in [-0.15, -0.1) is 0 Å². The number of carbonyl (C=O) groups excluding carboxylic acids is 1. The molecular weight excluding hydrogens is 388 g/mol. The van der Waals surface area contributed by atoms with Crippen LogP contribution in [0.2, 0.25) is 0 Å². The molecule has 1 fully saturated rings. The summed E-state index contributed by atoms with van der Waals surface area (Å²) in [5, 5.41) is 4.13. The molecule has 1 aliphatic heterocycles. The molecule has 1 aliphatic rings. The van der Waals surface area contributed by atoms with E-state index in [-0.39, 0.29) is 11.9 Å². The lowest BCUT2D eigenvalue weighted by Crippen LogP contribution is -2.32. The zero-order chi connectivity index (χ0) is 22.0. The van der Waals surface area contributed by atoms with Crippen LogP contribution in [-0.4, -0.2) is 32.5 Å². The number of carbonyl (C=O) groups is 1. The van der Waals surface area contributed by atoms with Crippen molar-refractivity contribution in [1.82, 2.24) is 20.0 Å². The minimum Gasteiger partial charge on any atom is -0.356 e. The van der Waals surface area contributed by atoms with Gasteiger partial charge < -0.3 is 9.42 Å². The van der Waals surface area contributed by atoms with Gasteiger partial charge in [0.05, 0.1) is 29.4 Å². The molecule has 1 atom stereocenters. The van der Waals surface area contributed by atoms with Gasteiger partial charge in [-0.25, -0.2) is 9.97 Å². The maximum Gasteiger partial charge on any atom is 0.227 e. The molecular formula is C25H30N4O2. The molecule has 4 rings (SSSR count). The fourth-order valence-electron chi connectivity index (χ4n) is 4.32. The van der Waals surface area contributed by atoms with E-state index in [0.717, 1.165) is 66.1 Å². The van der Waals surface area contributed by atoms with Crippen LogP contribution < -0.4 is 0 Å². The number of aryl methyl sites for hydroxylation is 3. The lowest BCUT2D eigenvalue weighted by molar-refractivity contribution is -0.131. The third-order valence-electron chi connectivity index (χ3n) is 6.07. The number of likely N-dealkylation sites (tertiary alicyclic amines) is 1. The molecule has 0 bridgehead atoms. The number of nitrogens with zero attached hydrogens (tertiary/aromatic N) is 4. The van der Waals surface area contributed by atoms with Gasteiger partial charge >= 0.3 is 0 Å². The van der Waals surface area contributed by atoms with E-state index < -0.39 is 0 Å². The Morgan fingerprint density at radius 2 is 2.10 bits per heavy atom. The molecule has 31 heavy (non-hydrogen) atoms. The van der Waals surface area contributed by atoms with Crippen LogP contribution in [0.3, 0.4) is 0 Å². The van der Waals surface area contributed by atoms with Gasteiger partial charge in [0.25, 0.3) is 0 Å². The molecule has 2 aromatic heterocycles. The van der Waals surface area contributed by atoms with Gasteiger partial charge in [-0.1, -0.05) is 41.9 Å². The second kappa shape index (κ2) is 9.00. The molecule has 0 spiro atoms. The van der Waals surface area contributed by atoms with Crippen molar-refractivity contribution in [2.75, 3.05) is 6.54 Å². The minimum absolute atomic E-state index is 0.0734. The highest BCUT2D eigenvalue weighted by atomic mass is 16.5. The summed E-state index contributed by atoms with van der Waals surface area (Å²) in [7, 11) is 0. The summed E-state index contributed by atoms with van der Waals surface area (Å²) < 4.78 is 5.65. The zero-order valence-electron chi connectivity index (χ0n) is 18.8. The topological polar surface area (TPSA) is 72.1 Å². The van der Waals surface area contributed by atoms with E-state index in [2.05, 4.69) is 36.1 Å². The molecule has 0 N–H and O–H groups in total. The Labute approximate surface area is 183 Å². The second-order valence-electron chi connectivity index (χ2n) is 8.47. The molecule has 1 amide bonds. The summed E-state index contributed by atoms with van der Waals surface area (Å²) >= 11 is 0. The Kier molecular flexibility index (Phi) is 6.16. The van der Waals surface area contributed by atoms with Crippen molar-refractivity contribution in [3.63, 3.8) is 0 Å². The number of aromatic nitrogens is 3. The first-order chi connectivity index (χ1) is 15.0. The third-order valence-corrected chi connectivity index (χ3v) is 6.07. The zero-order valence-corrected chi connectivity index (χ0v) is 18.8. The van der Waals surface area contributed by atoms with Crippen LogP contribution in [0.25, 0.3) is 11.3 Å². The predicted molar refractivity (Wildman–Crippen MR) is 120 cm³/mol. The van der Waals surface area contributed by atoms with Gasteiger partial charge in [-0.05, 0) is 45.6 Å². The maximum absolute atomic E-state index is 13.3. The summed E-state index contributed by atoms with van der Waals surface area (Å²) in [5.41, 5.74) is 5.79. The van der Waals surface area contributed by atoms with E-state index in [1.807, 2.05) is 37.1 Å². The molecule has 6 heteroatoms. The van der Waals surface area contributed by atoms with Gasteiger partial charge in [-0.3, -0.25) is 4.79 Å². The number of hydrogen-bond acceptors (Lipinski definition) is 5. The summed E-state index contributed by atoms with van der Waals surface area (Å²) in [5.74, 6) is 1.65. The van der Waals surface area contributed by atoms with Gasteiger partial charge in [0.15, 0.2) is 5.76 Å². The van der Waals surface area contributed by atoms with E-state index in [1.165, 1.54) is 5.56 Å². The van der Waals surface area contributed by atoms with Crippen molar-refractivity contribution in [3.05, 3.63) is 64.4 Å². The lowest BCUT2D eigenvalue weighted by atomic mass is 10.0. The molecule has 0 aliphatic carbocycles. The molecule has 6 nitrogen and oxygen atoms in total. The van der Waals surface area contributed by atoms with E-state index in [9.17, 15) is 4.79 Å². The monoisotopic (exact) mass is 418 g/mol. The second-order valence-corrected chi connectivity index (χ2v) is 8.47. The first-order valence-electron chi connectivity index (χ1n) is 11.1. The largest absolute Gasteiger partial charge is 0.356 e. The van der Waals surface area contributed by atoms with Crippen molar-refractivity contribution >= 4 is 5.91 Å². The van der Waals surface area contributed by atoms with Crippen molar-refractivity contribution in [3.8, 4) is 11.3 Å². The van der Waals surface area contributed by atoms with E-state index in [1.54, 1.807) is 0 Å². The van der Waals surface area contributed by atoms with Crippen LogP contribution in [0.15, 0.2) is 35.0 Å². The van der Waals surface area contributed by atoms with E-state index in [4.69, 9.17) is 9.51 Å². The van der Waals surface area contributed by atoms with Crippen LogP contribution in [0.4, 0.5) is 0 Å². The highest BCUT2D eigenvalue weighted by Gasteiger charge is 2.34. The Bertz CT molecular complexity index is 1090. The number of amides is 1. The minimum atomic E-state index is -0.0734. The van der Waals surface area contributed by atoms with Crippen LogP contribution in [0.5, 0.6) is 0 Å². The SMILES string of the molecule is CCCc1ncc(-c2onc(C)c2C)c(C2CCCN2C(=O)Cc2cccc(C)c2)n1. The highest BCUT2D eigenvalue weighted by molar-refractivity contribution is 5.80. The Morgan fingerprint density at radius 1 is 1.26 bits per heavy atom. The van der Waals surface area contributed by atoms with Crippen LogP contribution in [0, 0.1) is 20.8 Å². The van der Waals surface area contributed by atoms with Crippen molar-refractivity contribution in [1.29, 1.82) is 0 Å². The quantitative estimate of drug-likeness (QED) is 0.568. The fraction of sp³-hybridized carbons (Fsp3) is 0.440. The van der Waals surface area contributed by atoms with Gasteiger partial charge in [0, 0.05) is 24.7 Å². The molecule has 0 saturated carbocycles. The summed E-state index contributed by atoms with van der Waals surface area (Å²) in [6, 6.07) is 8.09. The third kappa shape index (κ3) is 4.38. The summed E-state index contributed by atoms with van der Waals surface area (Å²) in [4.78, 5) is 24.8. The van der Waals surface area contributed by atoms with Gasteiger partial charge in [-0.2, -0.15) is 0 Å². The lowest BCUT2D eigenvalue weighted by Gasteiger charge is -2.26. The van der Waals surface area contributed by atoms with Crippen LogP contribution >= 0.6 is 0 Å². The van der Waals surface area contributed by atoms with Crippen LogP contribution in [-0.2, 0) is 17.6 Å². The highest BCUT2D eigenvalue weighted by Crippen LogP contribution is 2.38.